The van der Waals surface area contributed by atoms with Gasteiger partial charge >= 0.3 is 0 Å². The normalized spacial score (nSPS) is 12.2. The average Bonchev–Trinajstić information content (AvgIpc) is 2.89. The molecule has 0 aliphatic heterocycles. The number of nitrogens with one attached hydrogen (secondary N) is 2. The molecule has 0 saturated heterocycles. The van der Waals surface area contributed by atoms with Gasteiger partial charge in [-0.3, -0.25) is 4.68 Å². The van der Waals surface area contributed by atoms with Gasteiger partial charge in [0.05, 0.1) is 25.5 Å². The Hall–Kier alpha value is -0.960. The molecule has 1 aromatic rings. The molecule has 1 heterocycles. The van der Waals surface area contributed by atoms with Gasteiger partial charge in [0.2, 0.25) is 10.0 Å². The number of rotatable bonds is 11. The van der Waals surface area contributed by atoms with Crippen molar-refractivity contribution in [1.82, 2.24) is 19.8 Å². The number of hydrogen-bond acceptors (Lipinski definition) is 5. The predicted molar refractivity (Wildman–Crippen MR) is 81.7 cm³/mol. The summed E-state index contributed by atoms with van der Waals surface area (Å²) in [5.74, 6) is 0. The molecule has 0 atom stereocenters. The highest BCUT2D eigenvalue weighted by Gasteiger charge is 2.15. The quantitative estimate of drug-likeness (QED) is 0.583. The minimum Gasteiger partial charge on any atom is -0.377 e. The lowest BCUT2D eigenvalue weighted by Gasteiger charge is -2.08. The molecular weight excluding hydrogens is 292 g/mol. The van der Waals surface area contributed by atoms with Gasteiger partial charge in [0.15, 0.2) is 0 Å². The molecule has 0 bridgehead atoms. The zero-order valence-electron chi connectivity index (χ0n) is 13.0. The van der Waals surface area contributed by atoms with E-state index in [4.69, 9.17) is 4.74 Å². The monoisotopic (exact) mass is 318 g/mol. The summed E-state index contributed by atoms with van der Waals surface area (Å²) in [5.41, 5.74) is 0. The smallest absolute Gasteiger partial charge is 0.243 e. The van der Waals surface area contributed by atoms with Crippen LogP contribution in [0.15, 0.2) is 17.3 Å². The Labute approximate surface area is 127 Å². The van der Waals surface area contributed by atoms with Crippen molar-refractivity contribution >= 4 is 10.0 Å². The van der Waals surface area contributed by atoms with Gasteiger partial charge in [0.25, 0.3) is 0 Å². The van der Waals surface area contributed by atoms with Crippen LogP contribution in [0.25, 0.3) is 0 Å². The summed E-state index contributed by atoms with van der Waals surface area (Å²) >= 11 is 0. The first-order valence-corrected chi connectivity index (χ1v) is 8.78. The second kappa shape index (κ2) is 9.14. The number of ether oxygens (including phenoxy) is 1. The van der Waals surface area contributed by atoms with Crippen molar-refractivity contribution in [2.45, 2.75) is 44.7 Å². The van der Waals surface area contributed by atoms with Crippen LogP contribution in [-0.2, 0) is 21.3 Å². The zero-order valence-corrected chi connectivity index (χ0v) is 13.8. The lowest BCUT2D eigenvalue weighted by atomic mass is 10.5. The standard InChI is InChI=1S/C13H26N4O3S/c1-4-5-14-6-8-17-11-13(10-15-17)21(18,19)16-7-9-20-12(2)3/h10-12,14,16H,4-9H2,1-3H3. The molecular formula is C13H26N4O3S. The fourth-order valence-corrected chi connectivity index (χ4v) is 2.62. The van der Waals surface area contributed by atoms with Crippen LogP contribution >= 0.6 is 0 Å². The minimum absolute atomic E-state index is 0.0906. The van der Waals surface area contributed by atoms with Crippen molar-refractivity contribution in [3.63, 3.8) is 0 Å². The van der Waals surface area contributed by atoms with E-state index >= 15 is 0 Å². The van der Waals surface area contributed by atoms with Crippen molar-refractivity contribution in [1.29, 1.82) is 0 Å². The molecule has 0 spiro atoms. The van der Waals surface area contributed by atoms with Crippen LogP contribution in [0.4, 0.5) is 0 Å². The van der Waals surface area contributed by atoms with E-state index in [1.807, 2.05) is 13.8 Å². The summed E-state index contributed by atoms with van der Waals surface area (Å²) in [6.45, 7) is 8.88. The first-order valence-electron chi connectivity index (χ1n) is 7.30. The Morgan fingerprint density at radius 1 is 1.33 bits per heavy atom. The lowest BCUT2D eigenvalue weighted by molar-refractivity contribution is 0.0834. The molecule has 0 aromatic carbocycles. The maximum Gasteiger partial charge on any atom is 0.243 e. The summed E-state index contributed by atoms with van der Waals surface area (Å²) in [4.78, 5) is 0.183. The molecule has 0 aliphatic rings. The van der Waals surface area contributed by atoms with Crippen LogP contribution in [0.3, 0.4) is 0 Å². The van der Waals surface area contributed by atoms with E-state index in [2.05, 4.69) is 22.1 Å². The summed E-state index contributed by atoms with van der Waals surface area (Å²) in [5, 5.41) is 7.30. The Balaban J connectivity index is 2.42. The molecule has 1 aromatic heterocycles. The van der Waals surface area contributed by atoms with Crippen LogP contribution in [-0.4, -0.2) is 50.5 Å². The summed E-state index contributed by atoms with van der Waals surface area (Å²) in [6, 6.07) is 0. The van der Waals surface area contributed by atoms with Gasteiger partial charge in [0, 0.05) is 19.3 Å². The fraction of sp³-hybridized carbons (Fsp3) is 0.769. The molecule has 0 unspecified atom stereocenters. The molecule has 0 amide bonds. The molecule has 122 valence electrons. The summed E-state index contributed by atoms with van der Waals surface area (Å²) < 4.78 is 33.5. The first-order chi connectivity index (χ1) is 9.95. The van der Waals surface area contributed by atoms with E-state index in [0.29, 0.717) is 13.2 Å². The molecule has 0 aliphatic carbocycles. The average molecular weight is 318 g/mol. The SMILES string of the molecule is CCCNCCn1cc(S(=O)(=O)NCCOC(C)C)cn1. The number of sulfonamides is 1. The first kappa shape index (κ1) is 18.1. The second-order valence-electron chi connectivity index (χ2n) is 5.01. The Morgan fingerprint density at radius 2 is 2.10 bits per heavy atom. The number of aromatic nitrogens is 2. The Bertz CT molecular complexity index is 499. The van der Waals surface area contributed by atoms with Gasteiger partial charge in [0.1, 0.15) is 4.90 Å². The molecule has 21 heavy (non-hydrogen) atoms. The van der Waals surface area contributed by atoms with Crippen LogP contribution in [0.5, 0.6) is 0 Å². The van der Waals surface area contributed by atoms with Crippen LogP contribution in [0.1, 0.15) is 27.2 Å². The Kier molecular flexibility index (Phi) is 7.87. The molecule has 7 nitrogen and oxygen atoms in total. The van der Waals surface area contributed by atoms with E-state index in [0.717, 1.165) is 19.5 Å². The fourth-order valence-electron chi connectivity index (χ4n) is 1.66. The highest BCUT2D eigenvalue weighted by atomic mass is 32.2. The highest BCUT2D eigenvalue weighted by Crippen LogP contribution is 2.06. The van der Waals surface area contributed by atoms with Crippen molar-refractivity contribution < 1.29 is 13.2 Å². The van der Waals surface area contributed by atoms with E-state index < -0.39 is 10.0 Å². The van der Waals surface area contributed by atoms with Gasteiger partial charge in [-0.05, 0) is 26.8 Å². The van der Waals surface area contributed by atoms with Gasteiger partial charge in [-0.15, -0.1) is 0 Å². The van der Waals surface area contributed by atoms with Crippen LogP contribution in [0, 0.1) is 0 Å². The topological polar surface area (TPSA) is 85.2 Å². The molecule has 1 rings (SSSR count). The third kappa shape index (κ3) is 7.03. The molecule has 0 fully saturated rings. The molecule has 0 radical (unpaired) electrons. The molecule has 8 heteroatoms. The van der Waals surface area contributed by atoms with Crippen molar-refractivity contribution in [3.8, 4) is 0 Å². The second-order valence-corrected chi connectivity index (χ2v) is 6.77. The summed E-state index contributed by atoms with van der Waals surface area (Å²) in [7, 11) is -3.51. The third-order valence-corrected chi connectivity index (χ3v) is 4.13. The van der Waals surface area contributed by atoms with Crippen LogP contribution < -0.4 is 10.0 Å². The van der Waals surface area contributed by atoms with Crippen molar-refractivity contribution in [3.05, 3.63) is 12.4 Å². The maximum absolute atomic E-state index is 12.0. The lowest BCUT2D eigenvalue weighted by Crippen LogP contribution is -2.28. The Morgan fingerprint density at radius 3 is 2.76 bits per heavy atom. The maximum atomic E-state index is 12.0. The predicted octanol–water partition coefficient (Wildman–Crippen LogP) is 0.586. The van der Waals surface area contributed by atoms with E-state index in [9.17, 15) is 8.42 Å². The number of hydrogen-bond donors (Lipinski definition) is 2. The largest absolute Gasteiger partial charge is 0.377 e. The van der Waals surface area contributed by atoms with Crippen LogP contribution in [0.2, 0.25) is 0 Å². The van der Waals surface area contributed by atoms with Crippen molar-refractivity contribution in [2.75, 3.05) is 26.2 Å². The van der Waals surface area contributed by atoms with E-state index in [-0.39, 0.29) is 17.5 Å². The highest BCUT2D eigenvalue weighted by molar-refractivity contribution is 7.89. The molecule has 0 saturated carbocycles. The van der Waals surface area contributed by atoms with E-state index in [1.54, 1.807) is 10.9 Å². The molecule has 2 N–H and O–H groups in total. The summed E-state index contributed by atoms with van der Waals surface area (Å²) in [6.07, 6.45) is 4.07. The van der Waals surface area contributed by atoms with Gasteiger partial charge in [-0.2, -0.15) is 5.10 Å². The van der Waals surface area contributed by atoms with Gasteiger partial charge in [-0.1, -0.05) is 6.92 Å². The van der Waals surface area contributed by atoms with Gasteiger partial charge in [-0.25, -0.2) is 13.1 Å². The van der Waals surface area contributed by atoms with Gasteiger partial charge < -0.3 is 10.1 Å². The minimum atomic E-state index is -3.51. The van der Waals surface area contributed by atoms with E-state index in [1.165, 1.54) is 6.20 Å². The third-order valence-electron chi connectivity index (χ3n) is 2.71. The number of nitrogens with zero attached hydrogens (tertiary/aromatic N) is 2. The van der Waals surface area contributed by atoms with Crippen molar-refractivity contribution in [2.24, 2.45) is 0 Å². The zero-order chi connectivity index (χ0) is 15.7.